The topological polar surface area (TPSA) is 41.1 Å². The van der Waals surface area contributed by atoms with Crippen LogP contribution in [-0.2, 0) is 4.79 Å². The van der Waals surface area contributed by atoms with Crippen molar-refractivity contribution in [2.24, 2.45) is 0 Å². The van der Waals surface area contributed by atoms with Gasteiger partial charge in [0.25, 0.3) is 0 Å². The molecule has 94 valence electrons. The van der Waals surface area contributed by atoms with Crippen LogP contribution in [0.5, 0.6) is 0 Å². The standard InChI is InChI=1S/C13H19FN2O/c1-9(10-6-5-7-11(14)8-10)16-12(17)13(2,3)15-4/h5-9,15H,1-4H3,(H,16,17). The second-order valence-corrected chi connectivity index (χ2v) is 4.63. The zero-order valence-corrected chi connectivity index (χ0v) is 10.7. The molecule has 1 unspecified atom stereocenters. The molecule has 1 aromatic carbocycles. The third-order valence-electron chi connectivity index (χ3n) is 2.89. The van der Waals surface area contributed by atoms with Crippen LogP contribution in [0.25, 0.3) is 0 Å². The second-order valence-electron chi connectivity index (χ2n) is 4.63. The summed E-state index contributed by atoms with van der Waals surface area (Å²) in [5, 5.41) is 5.77. The molecule has 1 amide bonds. The van der Waals surface area contributed by atoms with Crippen molar-refractivity contribution >= 4 is 5.91 Å². The third kappa shape index (κ3) is 3.53. The number of rotatable bonds is 4. The van der Waals surface area contributed by atoms with E-state index in [1.807, 2.05) is 6.92 Å². The molecular weight excluding hydrogens is 219 g/mol. The van der Waals surface area contributed by atoms with Crippen molar-refractivity contribution in [1.82, 2.24) is 10.6 Å². The molecule has 4 heteroatoms. The monoisotopic (exact) mass is 238 g/mol. The molecule has 0 aliphatic rings. The molecular formula is C13H19FN2O. The molecule has 0 aliphatic carbocycles. The molecule has 0 fully saturated rings. The van der Waals surface area contributed by atoms with E-state index in [1.165, 1.54) is 12.1 Å². The molecule has 3 nitrogen and oxygen atoms in total. The van der Waals surface area contributed by atoms with Gasteiger partial charge in [-0.3, -0.25) is 4.79 Å². The first kappa shape index (κ1) is 13.6. The molecule has 0 heterocycles. The fraction of sp³-hybridized carbons (Fsp3) is 0.462. The van der Waals surface area contributed by atoms with Crippen LogP contribution in [0.3, 0.4) is 0 Å². The van der Waals surface area contributed by atoms with Gasteiger partial charge < -0.3 is 10.6 Å². The quantitative estimate of drug-likeness (QED) is 0.842. The van der Waals surface area contributed by atoms with E-state index in [0.717, 1.165) is 5.56 Å². The summed E-state index contributed by atoms with van der Waals surface area (Å²) in [4.78, 5) is 11.9. The number of nitrogens with one attached hydrogen (secondary N) is 2. The number of hydrogen-bond acceptors (Lipinski definition) is 2. The molecule has 1 atom stereocenters. The maximum atomic E-state index is 13.0. The molecule has 0 saturated heterocycles. The molecule has 0 aromatic heterocycles. The summed E-state index contributed by atoms with van der Waals surface area (Å²) in [7, 11) is 1.73. The fourth-order valence-electron chi connectivity index (χ4n) is 1.35. The smallest absolute Gasteiger partial charge is 0.240 e. The number of carbonyl (C=O) groups excluding carboxylic acids is 1. The summed E-state index contributed by atoms with van der Waals surface area (Å²) in [6.45, 7) is 5.42. The van der Waals surface area contributed by atoms with Gasteiger partial charge in [0.1, 0.15) is 5.82 Å². The minimum absolute atomic E-state index is 0.114. The van der Waals surface area contributed by atoms with Gasteiger partial charge in [-0.05, 0) is 45.5 Å². The first-order valence-electron chi connectivity index (χ1n) is 5.62. The average molecular weight is 238 g/mol. The number of halogens is 1. The van der Waals surface area contributed by atoms with Gasteiger partial charge in [0.2, 0.25) is 5.91 Å². The van der Waals surface area contributed by atoms with Gasteiger partial charge in [0, 0.05) is 0 Å². The zero-order chi connectivity index (χ0) is 13.1. The summed E-state index contributed by atoms with van der Waals surface area (Å²) in [5.74, 6) is -0.409. The van der Waals surface area contributed by atoms with Gasteiger partial charge in [0.15, 0.2) is 0 Å². The molecule has 0 radical (unpaired) electrons. The Kier molecular flexibility index (Phi) is 4.23. The van der Waals surface area contributed by atoms with Gasteiger partial charge >= 0.3 is 0 Å². The molecule has 1 rings (SSSR count). The normalized spacial score (nSPS) is 13.2. The number of benzene rings is 1. The highest BCUT2D eigenvalue weighted by atomic mass is 19.1. The first-order valence-corrected chi connectivity index (χ1v) is 5.62. The number of amides is 1. The van der Waals surface area contributed by atoms with Gasteiger partial charge in [-0.25, -0.2) is 4.39 Å². The van der Waals surface area contributed by atoms with Gasteiger partial charge in [-0.1, -0.05) is 12.1 Å². The Morgan fingerprint density at radius 3 is 2.59 bits per heavy atom. The van der Waals surface area contributed by atoms with Crippen LogP contribution in [0.1, 0.15) is 32.4 Å². The molecule has 0 spiro atoms. The number of likely N-dealkylation sites (N-methyl/N-ethyl adjacent to an activating group) is 1. The van der Waals surface area contributed by atoms with E-state index < -0.39 is 5.54 Å². The zero-order valence-electron chi connectivity index (χ0n) is 10.7. The van der Waals surface area contributed by atoms with E-state index >= 15 is 0 Å². The molecule has 0 bridgehead atoms. The van der Waals surface area contributed by atoms with E-state index in [0.29, 0.717) is 0 Å². The minimum atomic E-state index is -0.637. The second kappa shape index (κ2) is 5.27. The maximum absolute atomic E-state index is 13.0. The van der Waals surface area contributed by atoms with E-state index in [9.17, 15) is 9.18 Å². The molecule has 17 heavy (non-hydrogen) atoms. The Morgan fingerprint density at radius 2 is 2.06 bits per heavy atom. The summed E-state index contributed by atoms with van der Waals surface area (Å²) in [5.41, 5.74) is 0.118. The summed E-state index contributed by atoms with van der Waals surface area (Å²) >= 11 is 0. The van der Waals surface area contributed by atoms with Gasteiger partial charge in [0.05, 0.1) is 11.6 Å². The van der Waals surface area contributed by atoms with Gasteiger partial charge in [-0.2, -0.15) is 0 Å². The number of hydrogen-bond donors (Lipinski definition) is 2. The van der Waals surface area contributed by atoms with Crippen LogP contribution in [0.2, 0.25) is 0 Å². The number of carbonyl (C=O) groups is 1. The van der Waals surface area contributed by atoms with Crippen LogP contribution in [0, 0.1) is 5.82 Å². The van der Waals surface area contributed by atoms with Crippen molar-refractivity contribution < 1.29 is 9.18 Å². The maximum Gasteiger partial charge on any atom is 0.240 e. The van der Waals surface area contributed by atoms with Crippen molar-refractivity contribution in [3.8, 4) is 0 Å². The van der Waals surface area contributed by atoms with Crippen molar-refractivity contribution in [3.05, 3.63) is 35.6 Å². The first-order chi connectivity index (χ1) is 7.86. The van der Waals surface area contributed by atoms with E-state index in [2.05, 4.69) is 10.6 Å². The Hall–Kier alpha value is -1.42. The SMILES string of the molecule is CNC(C)(C)C(=O)NC(C)c1cccc(F)c1. The lowest BCUT2D eigenvalue weighted by atomic mass is 10.0. The Bertz CT molecular complexity index is 404. The summed E-state index contributed by atoms with van der Waals surface area (Å²) < 4.78 is 13.0. The van der Waals surface area contributed by atoms with Crippen LogP contribution in [0.4, 0.5) is 4.39 Å². The fourth-order valence-corrected chi connectivity index (χ4v) is 1.35. The molecule has 0 saturated carbocycles. The Balaban J connectivity index is 2.73. The summed E-state index contributed by atoms with van der Waals surface area (Å²) in [6, 6.07) is 6.02. The van der Waals surface area contributed by atoms with E-state index in [-0.39, 0.29) is 17.8 Å². The largest absolute Gasteiger partial charge is 0.348 e. The lowest BCUT2D eigenvalue weighted by Crippen LogP contribution is -2.51. The molecule has 2 N–H and O–H groups in total. The predicted octanol–water partition coefficient (Wildman–Crippen LogP) is 2.00. The van der Waals surface area contributed by atoms with Crippen molar-refractivity contribution in [2.75, 3.05) is 7.05 Å². The average Bonchev–Trinajstić information content (AvgIpc) is 2.28. The molecule has 1 aromatic rings. The third-order valence-corrected chi connectivity index (χ3v) is 2.89. The Labute approximate surface area is 101 Å². The lowest BCUT2D eigenvalue weighted by molar-refractivity contribution is -0.126. The van der Waals surface area contributed by atoms with E-state index in [4.69, 9.17) is 0 Å². The lowest BCUT2D eigenvalue weighted by Gasteiger charge is -2.25. The summed E-state index contributed by atoms with van der Waals surface area (Å²) in [6.07, 6.45) is 0. The van der Waals surface area contributed by atoms with Crippen molar-refractivity contribution in [2.45, 2.75) is 32.4 Å². The Morgan fingerprint density at radius 1 is 1.41 bits per heavy atom. The highest BCUT2D eigenvalue weighted by molar-refractivity contribution is 5.85. The van der Waals surface area contributed by atoms with E-state index in [1.54, 1.807) is 33.0 Å². The van der Waals surface area contributed by atoms with Crippen molar-refractivity contribution in [1.29, 1.82) is 0 Å². The highest BCUT2D eigenvalue weighted by Gasteiger charge is 2.26. The van der Waals surface area contributed by atoms with Crippen LogP contribution >= 0.6 is 0 Å². The molecule has 0 aliphatic heterocycles. The minimum Gasteiger partial charge on any atom is -0.348 e. The predicted molar refractivity (Wildman–Crippen MR) is 66.1 cm³/mol. The van der Waals surface area contributed by atoms with Crippen LogP contribution in [-0.4, -0.2) is 18.5 Å². The van der Waals surface area contributed by atoms with Crippen LogP contribution < -0.4 is 10.6 Å². The van der Waals surface area contributed by atoms with Gasteiger partial charge in [-0.15, -0.1) is 0 Å². The van der Waals surface area contributed by atoms with Crippen molar-refractivity contribution in [3.63, 3.8) is 0 Å². The van der Waals surface area contributed by atoms with Crippen LogP contribution in [0.15, 0.2) is 24.3 Å². The highest BCUT2D eigenvalue weighted by Crippen LogP contribution is 2.14.